The van der Waals surface area contributed by atoms with Gasteiger partial charge in [0, 0.05) is 37.7 Å². The molecule has 1 aliphatic rings. The van der Waals surface area contributed by atoms with Crippen molar-refractivity contribution in [3.05, 3.63) is 60.4 Å². The number of piperidine rings is 1. The zero-order valence-electron chi connectivity index (χ0n) is 16.3. The van der Waals surface area contributed by atoms with Crippen LogP contribution in [0.3, 0.4) is 0 Å². The number of likely N-dealkylation sites (tertiary alicyclic amines) is 1. The van der Waals surface area contributed by atoms with Gasteiger partial charge < -0.3 is 15.1 Å². The minimum absolute atomic E-state index is 0. The molecule has 7 heteroatoms. The zero-order valence-corrected chi connectivity index (χ0v) is 17.9. The number of hydrogen-bond donors (Lipinski definition) is 1. The summed E-state index contributed by atoms with van der Waals surface area (Å²) in [5, 5.41) is 3.24. The number of amides is 1. The molecule has 1 fully saturated rings. The molecular weight excluding hydrogens is 395 g/mol. The lowest BCUT2D eigenvalue weighted by Crippen LogP contribution is -2.45. The van der Waals surface area contributed by atoms with Gasteiger partial charge in [-0.25, -0.2) is 0 Å². The lowest BCUT2D eigenvalue weighted by Gasteiger charge is -2.34. The van der Waals surface area contributed by atoms with Gasteiger partial charge in [0.25, 0.3) is 0 Å². The Kier molecular flexibility index (Phi) is 10.9. The minimum atomic E-state index is 0. The molecule has 1 aliphatic heterocycles. The molecule has 0 unspecified atom stereocenters. The van der Waals surface area contributed by atoms with E-state index in [1.165, 1.54) is 0 Å². The Morgan fingerprint density at radius 1 is 1.14 bits per heavy atom. The predicted octanol–water partition coefficient (Wildman–Crippen LogP) is 3.39. The predicted molar refractivity (Wildman–Crippen MR) is 119 cm³/mol. The van der Waals surface area contributed by atoms with Gasteiger partial charge in [-0.15, -0.1) is 24.8 Å². The maximum atomic E-state index is 12.9. The fourth-order valence-electron chi connectivity index (χ4n) is 3.53. The number of carbonyl (C=O) groups is 1. The molecule has 28 heavy (non-hydrogen) atoms. The van der Waals surface area contributed by atoms with E-state index < -0.39 is 0 Å². The Hall–Kier alpha value is -1.82. The molecule has 154 valence electrons. The molecule has 0 radical (unpaired) electrons. The van der Waals surface area contributed by atoms with Gasteiger partial charge in [0.05, 0.1) is 6.54 Å². The molecule has 2 aromatic rings. The van der Waals surface area contributed by atoms with Crippen LogP contribution in [0.1, 0.15) is 18.4 Å². The van der Waals surface area contributed by atoms with Crippen LogP contribution >= 0.6 is 24.8 Å². The van der Waals surface area contributed by atoms with E-state index >= 15 is 0 Å². The largest absolute Gasteiger partial charge is 0.358 e. The molecule has 1 amide bonds. The van der Waals surface area contributed by atoms with Crippen molar-refractivity contribution >= 4 is 36.4 Å². The minimum Gasteiger partial charge on any atom is -0.358 e. The second-order valence-corrected chi connectivity index (χ2v) is 6.93. The van der Waals surface area contributed by atoms with Crippen LogP contribution in [0, 0.1) is 5.92 Å². The summed E-state index contributed by atoms with van der Waals surface area (Å²) in [4.78, 5) is 21.2. The van der Waals surface area contributed by atoms with Crippen LogP contribution in [0.25, 0.3) is 0 Å². The first-order valence-electron chi connectivity index (χ1n) is 9.37. The third-order valence-electron chi connectivity index (χ3n) is 5.00. The van der Waals surface area contributed by atoms with Crippen molar-refractivity contribution < 1.29 is 4.79 Å². The number of hydrogen-bond acceptors (Lipinski definition) is 4. The van der Waals surface area contributed by atoms with Crippen molar-refractivity contribution in [1.29, 1.82) is 0 Å². The molecule has 1 aromatic carbocycles. The van der Waals surface area contributed by atoms with E-state index in [1.54, 1.807) is 6.20 Å². The highest BCUT2D eigenvalue weighted by Gasteiger charge is 2.24. The first-order chi connectivity index (χ1) is 12.8. The summed E-state index contributed by atoms with van der Waals surface area (Å²) in [5.41, 5.74) is 2.17. The Bertz CT molecular complexity index is 679. The fourth-order valence-corrected chi connectivity index (χ4v) is 3.53. The molecule has 0 saturated carbocycles. The highest BCUT2D eigenvalue weighted by Crippen LogP contribution is 2.19. The normalized spacial score (nSPS) is 14.0. The highest BCUT2D eigenvalue weighted by atomic mass is 35.5. The van der Waals surface area contributed by atoms with Gasteiger partial charge >= 0.3 is 0 Å². The molecule has 1 N–H and O–H groups in total. The fraction of sp³-hybridized carbons (Fsp3) is 0.429. The summed E-state index contributed by atoms with van der Waals surface area (Å²) < 4.78 is 0. The quantitative estimate of drug-likeness (QED) is 0.739. The lowest BCUT2D eigenvalue weighted by molar-refractivity contribution is -0.131. The van der Waals surface area contributed by atoms with Gasteiger partial charge in [0.1, 0.15) is 0 Å². The standard InChI is InChI=1S/C21H28N4O.2ClH/c1-22-14-18-9-12-24(13-10-18)21(26)17-25(20-7-3-2-4-8-20)16-19-6-5-11-23-15-19;;/h2-8,11,15,18,22H,9-10,12-14,16-17H2,1H3;2*1H. The topological polar surface area (TPSA) is 48.5 Å². The molecule has 1 aromatic heterocycles. The second-order valence-electron chi connectivity index (χ2n) is 6.93. The molecular formula is C21H30Cl2N4O. The van der Waals surface area contributed by atoms with E-state index in [-0.39, 0.29) is 30.7 Å². The van der Waals surface area contributed by atoms with Crippen LogP contribution < -0.4 is 10.2 Å². The second kappa shape index (κ2) is 12.6. The van der Waals surface area contributed by atoms with Crippen LogP contribution in [0.5, 0.6) is 0 Å². The van der Waals surface area contributed by atoms with Crippen LogP contribution in [0.4, 0.5) is 5.69 Å². The number of nitrogens with one attached hydrogen (secondary N) is 1. The van der Waals surface area contributed by atoms with E-state index in [0.717, 1.165) is 43.7 Å². The number of para-hydroxylation sites is 1. The Morgan fingerprint density at radius 2 is 1.86 bits per heavy atom. The number of anilines is 1. The summed E-state index contributed by atoms with van der Waals surface area (Å²) in [6, 6.07) is 14.1. The van der Waals surface area contributed by atoms with E-state index in [1.807, 2.05) is 42.4 Å². The number of halogens is 2. The highest BCUT2D eigenvalue weighted by molar-refractivity contribution is 5.85. The van der Waals surface area contributed by atoms with Gasteiger partial charge in [0.15, 0.2) is 0 Å². The maximum absolute atomic E-state index is 12.9. The molecule has 0 spiro atoms. The monoisotopic (exact) mass is 424 g/mol. The van der Waals surface area contributed by atoms with Crippen molar-refractivity contribution in [3.63, 3.8) is 0 Å². The smallest absolute Gasteiger partial charge is 0.242 e. The first kappa shape index (κ1) is 24.2. The van der Waals surface area contributed by atoms with Crippen LogP contribution in [-0.4, -0.2) is 49.0 Å². The summed E-state index contributed by atoms with van der Waals surface area (Å²) in [6.07, 6.45) is 5.81. The van der Waals surface area contributed by atoms with E-state index in [2.05, 4.69) is 33.4 Å². The average Bonchev–Trinajstić information content (AvgIpc) is 2.70. The van der Waals surface area contributed by atoms with E-state index in [9.17, 15) is 4.79 Å². The molecule has 0 aliphatic carbocycles. The van der Waals surface area contributed by atoms with Gasteiger partial charge in [0.2, 0.25) is 5.91 Å². The Balaban J connectivity index is 0.00000196. The Labute approximate surface area is 180 Å². The van der Waals surface area contributed by atoms with Crippen molar-refractivity contribution in [1.82, 2.24) is 15.2 Å². The zero-order chi connectivity index (χ0) is 18.2. The third-order valence-corrected chi connectivity index (χ3v) is 5.00. The maximum Gasteiger partial charge on any atom is 0.242 e. The van der Waals surface area contributed by atoms with E-state index in [0.29, 0.717) is 19.0 Å². The van der Waals surface area contributed by atoms with Crippen molar-refractivity contribution in [3.8, 4) is 0 Å². The summed E-state index contributed by atoms with van der Waals surface area (Å²) in [6.45, 7) is 3.84. The molecule has 0 bridgehead atoms. The number of nitrogens with zero attached hydrogens (tertiary/aromatic N) is 3. The van der Waals surface area contributed by atoms with Crippen molar-refractivity contribution in [2.45, 2.75) is 19.4 Å². The number of rotatable bonds is 7. The van der Waals surface area contributed by atoms with E-state index in [4.69, 9.17) is 0 Å². The SMILES string of the molecule is CNCC1CCN(C(=O)CN(Cc2cccnc2)c2ccccc2)CC1.Cl.Cl. The van der Waals surface area contributed by atoms with Crippen molar-refractivity contribution in [2.75, 3.05) is 38.1 Å². The molecule has 2 heterocycles. The van der Waals surface area contributed by atoms with Gasteiger partial charge in [-0.2, -0.15) is 0 Å². The molecule has 3 rings (SSSR count). The van der Waals surface area contributed by atoms with Gasteiger partial charge in [-0.05, 0) is 56.1 Å². The summed E-state index contributed by atoms with van der Waals surface area (Å²) >= 11 is 0. The molecule has 1 saturated heterocycles. The number of carbonyl (C=O) groups excluding carboxylic acids is 1. The molecule has 5 nitrogen and oxygen atoms in total. The Morgan fingerprint density at radius 3 is 2.46 bits per heavy atom. The number of aromatic nitrogens is 1. The van der Waals surface area contributed by atoms with Crippen LogP contribution in [0.15, 0.2) is 54.9 Å². The van der Waals surface area contributed by atoms with Gasteiger partial charge in [-0.1, -0.05) is 24.3 Å². The average molecular weight is 425 g/mol. The molecule has 0 atom stereocenters. The summed E-state index contributed by atoms with van der Waals surface area (Å²) in [5.74, 6) is 0.894. The number of pyridine rings is 1. The van der Waals surface area contributed by atoms with Crippen LogP contribution in [0.2, 0.25) is 0 Å². The summed E-state index contributed by atoms with van der Waals surface area (Å²) in [7, 11) is 1.99. The lowest BCUT2D eigenvalue weighted by atomic mass is 9.97. The van der Waals surface area contributed by atoms with Crippen LogP contribution in [-0.2, 0) is 11.3 Å². The third kappa shape index (κ3) is 6.97. The van der Waals surface area contributed by atoms with Crippen molar-refractivity contribution in [2.24, 2.45) is 5.92 Å². The van der Waals surface area contributed by atoms with Gasteiger partial charge in [-0.3, -0.25) is 9.78 Å². The first-order valence-corrected chi connectivity index (χ1v) is 9.37. The number of benzene rings is 1.